The van der Waals surface area contributed by atoms with Crippen LogP contribution >= 0.6 is 0 Å². The molecule has 2 unspecified atom stereocenters. The van der Waals surface area contributed by atoms with Gasteiger partial charge in [-0.15, -0.1) is 0 Å². The first kappa shape index (κ1) is 10.9. The maximum Gasteiger partial charge on any atom is 0.106 e. The van der Waals surface area contributed by atoms with Crippen molar-refractivity contribution in [2.75, 3.05) is 6.61 Å². The average molecular weight is 190 g/mol. The second-order valence-corrected chi connectivity index (χ2v) is 3.56. The van der Waals surface area contributed by atoms with Crippen molar-refractivity contribution < 1.29 is 20.1 Å². The van der Waals surface area contributed by atoms with Crippen molar-refractivity contribution in [2.24, 2.45) is 0 Å². The first-order valence-electron chi connectivity index (χ1n) is 4.81. The highest BCUT2D eigenvalue weighted by molar-refractivity contribution is 4.84. The Morgan fingerprint density at radius 1 is 1.38 bits per heavy atom. The van der Waals surface area contributed by atoms with E-state index < -0.39 is 12.2 Å². The number of ether oxygens (including phenoxy) is 1. The summed E-state index contributed by atoms with van der Waals surface area (Å²) in [4.78, 5) is 0. The molecule has 1 rings (SSSR count). The van der Waals surface area contributed by atoms with E-state index in [1.807, 2.05) is 6.92 Å². The molecule has 0 aromatic heterocycles. The van der Waals surface area contributed by atoms with Gasteiger partial charge in [-0.1, -0.05) is 13.3 Å². The zero-order chi connectivity index (χ0) is 9.84. The third kappa shape index (κ3) is 2.64. The van der Waals surface area contributed by atoms with E-state index in [2.05, 4.69) is 0 Å². The lowest BCUT2D eigenvalue weighted by atomic mass is 9.95. The van der Waals surface area contributed by atoms with Crippen molar-refractivity contribution in [3.05, 3.63) is 0 Å². The molecular weight excluding hydrogens is 172 g/mol. The largest absolute Gasteiger partial charge is 0.394 e. The molecular formula is C9H18O4. The number of aliphatic hydroxyl groups excluding tert-OH is 3. The van der Waals surface area contributed by atoms with Gasteiger partial charge in [0.05, 0.1) is 24.9 Å². The van der Waals surface area contributed by atoms with Crippen molar-refractivity contribution in [2.45, 2.75) is 50.6 Å². The zero-order valence-corrected chi connectivity index (χ0v) is 7.89. The van der Waals surface area contributed by atoms with Crippen molar-refractivity contribution >= 4 is 0 Å². The van der Waals surface area contributed by atoms with E-state index in [9.17, 15) is 10.2 Å². The molecule has 0 radical (unpaired) electrons. The fourth-order valence-electron chi connectivity index (χ4n) is 1.68. The Morgan fingerprint density at radius 2 is 2.08 bits per heavy atom. The lowest BCUT2D eigenvalue weighted by Crippen LogP contribution is -2.49. The zero-order valence-electron chi connectivity index (χ0n) is 7.89. The van der Waals surface area contributed by atoms with Crippen LogP contribution in [-0.2, 0) is 4.74 Å². The fourth-order valence-corrected chi connectivity index (χ4v) is 1.68. The Balaban J connectivity index is 2.50. The topological polar surface area (TPSA) is 69.9 Å². The van der Waals surface area contributed by atoms with Crippen LogP contribution < -0.4 is 0 Å². The summed E-state index contributed by atoms with van der Waals surface area (Å²) in [6.45, 7) is 1.90. The van der Waals surface area contributed by atoms with Crippen LogP contribution in [0.25, 0.3) is 0 Å². The molecule has 0 bridgehead atoms. The SMILES string of the molecule is CCCC1O[C@H](CO)C[C@H](O)C1O. The van der Waals surface area contributed by atoms with Crippen LogP contribution in [-0.4, -0.2) is 46.3 Å². The van der Waals surface area contributed by atoms with Crippen LogP contribution in [0.5, 0.6) is 0 Å². The summed E-state index contributed by atoms with van der Waals surface area (Å²) in [7, 11) is 0. The van der Waals surface area contributed by atoms with Crippen LogP contribution in [0.15, 0.2) is 0 Å². The fraction of sp³-hybridized carbons (Fsp3) is 1.00. The monoisotopic (exact) mass is 190 g/mol. The molecule has 4 nitrogen and oxygen atoms in total. The lowest BCUT2D eigenvalue weighted by molar-refractivity contribution is -0.178. The van der Waals surface area contributed by atoms with Gasteiger partial charge in [-0.2, -0.15) is 0 Å². The smallest absolute Gasteiger partial charge is 0.106 e. The Morgan fingerprint density at radius 3 is 2.62 bits per heavy atom. The van der Waals surface area contributed by atoms with Gasteiger partial charge in [0.15, 0.2) is 0 Å². The van der Waals surface area contributed by atoms with Crippen molar-refractivity contribution in [3.8, 4) is 0 Å². The number of hydrogen-bond donors (Lipinski definition) is 3. The third-order valence-electron chi connectivity index (χ3n) is 2.42. The maximum atomic E-state index is 9.53. The molecule has 4 atom stereocenters. The second-order valence-electron chi connectivity index (χ2n) is 3.56. The predicted octanol–water partition coefficient (Wildman–Crippen LogP) is -0.342. The first-order valence-corrected chi connectivity index (χ1v) is 4.81. The van der Waals surface area contributed by atoms with E-state index in [-0.39, 0.29) is 18.8 Å². The van der Waals surface area contributed by atoms with Gasteiger partial charge in [-0.25, -0.2) is 0 Å². The Kier molecular flexibility index (Phi) is 4.12. The van der Waals surface area contributed by atoms with E-state index in [4.69, 9.17) is 9.84 Å². The van der Waals surface area contributed by atoms with Gasteiger partial charge in [0.25, 0.3) is 0 Å². The minimum atomic E-state index is -0.803. The molecule has 0 aromatic rings. The van der Waals surface area contributed by atoms with Crippen molar-refractivity contribution in [1.29, 1.82) is 0 Å². The summed E-state index contributed by atoms with van der Waals surface area (Å²) < 4.78 is 5.40. The molecule has 1 aliphatic heterocycles. The molecule has 13 heavy (non-hydrogen) atoms. The molecule has 1 aliphatic rings. The summed E-state index contributed by atoms with van der Waals surface area (Å²) in [5, 5.41) is 27.8. The number of rotatable bonds is 3. The van der Waals surface area contributed by atoms with Gasteiger partial charge in [0.2, 0.25) is 0 Å². The van der Waals surface area contributed by atoms with Crippen LogP contribution in [0.1, 0.15) is 26.2 Å². The minimum absolute atomic E-state index is 0.0933. The summed E-state index contributed by atoms with van der Waals surface area (Å²) >= 11 is 0. The van der Waals surface area contributed by atoms with E-state index in [0.717, 1.165) is 6.42 Å². The van der Waals surface area contributed by atoms with Crippen LogP contribution in [0.2, 0.25) is 0 Å². The Bertz CT molecular complexity index is 151. The molecule has 1 heterocycles. The second kappa shape index (κ2) is 4.91. The van der Waals surface area contributed by atoms with Crippen LogP contribution in [0.4, 0.5) is 0 Å². The summed E-state index contributed by atoms with van der Waals surface area (Å²) in [5.74, 6) is 0. The molecule has 4 heteroatoms. The molecule has 78 valence electrons. The summed E-state index contributed by atoms with van der Waals surface area (Å²) in [6, 6.07) is 0. The average Bonchev–Trinajstić information content (AvgIpc) is 2.13. The quantitative estimate of drug-likeness (QED) is 0.569. The van der Waals surface area contributed by atoms with Crippen molar-refractivity contribution in [1.82, 2.24) is 0 Å². The van der Waals surface area contributed by atoms with Gasteiger partial charge in [0, 0.05) is 6.42 Å². The minimum Gasteiger partial charge on any atom is -0.394 e. The molecule has 0 aliphatic carbocycles. The summed E-state index contributed by atoms with van der Waals surface area (Å²) in [6.07, 6.45) is -0.287. The van der Waals surface area contributed by atoms with Gasteiger partial charge in [-0.3, -0.25) is 0 Å². The number of hydrogen-bond acceptors (Lipinski definition) is 4. The van der Waals surface area contributed by atoms with Gasteiger partial charge in [-0.05, 0) is 6.42 Å². The normalized spacial score (nSPS) is 40.6. The third-order valence-corrected chi connectivity index (χ3v) is 2.42. The van der Waals surface area contributed by atoms with Crippen molar-refractivity contribution in [3.63, 3.8) is 0 Å². The Hall–Kier alpha value is -0.160. The van der Waals surface area contributed by atoms with Crippen LogP contribution in [0.3, 0.4) is 0 Å². The maximum absolute atomic E-state index is 9.53. The van der Waals surface area contributed by atoms with Gasteiger partial charge >= 0.3 is 0 Å². The predicted molar refractivity (Wildman–Crippen MR) is 47.3 cm³/mol. The van der Waals surface area contributed by atoms with E-state index in [0.29, 0.717) is 12.8 Å². The molecule has 0 amide bonds. The molecule has 3 N–H and O–H groups in total. The molecule has 0 saturated carbocycles. The molecule has 1 fully saturated rings. The summed E-state index contributed by atoms with van der Waals surface area (Å²) in [5.41, 5.74) is 0. The Labute approximate surface area is 78.1 Å². The van der Waals surface area contributed by atoms with Crippen LogP contribution in [0, 0.1) is 0 Å². The van der Waals surface area contributed by atoms with Gasteiger partial charge < -0.3 is 20.1 Å². The van der Waals surface area contributed by atoms with Gasteiger partial charge in [0.1, 0.15) is 6.10 Å². The highest BCUT2D eigenvalue weighted by Crippen LogP contribution is 2.22. The van der Waals surface area contributed by atoms with E-state index >= 15 is 0 Å². The lowest BCUT2D eigenvalue weighted by Gasteiger charge is -2.36. The number of aliphatic hydroxyl groups is 3. The molecule has 0 aromatic carbocycles. The standard InChI is InChI=1S/C9H18O4/c1-2-3-8-9(12)7(11)4-6(5-10)13-8/h6-12H,2-5H2,1H3/t6-,7-,8?,9?/m0/s1. The molecule has 0 spiro atoms. The first-order chi connectivity index (χ1) is 6.19. The van der Waals surface area contributed by atoms with E-state index in [1.165, 1.54) is 0 Å². The molecule has 1 saturated heterocycles. The highest BCUT2D eigenvalue weighted by atomic mass is 16.5. The highest BCUT2D eigenvalue weighted by Gasteiger charge is 2.35. The van der Waals surface area contributed by atoms with E-state index in [1.54, 1.807) is 0 Å².